The fourth-order valence-electron chi connectivity index (χ4n) is 2.41. The zero-order valence-electron chi connectivity index (χ0n) is 12.0. The van der Waals surface area contributed by atoms with E-state index < -0.39 is 0 Å². The SMILES string of the molecule is Cc1ccc(C(=O)N2CCN(CCCN)CC2)cc1O. The van der Waals surface area contributed by atoms with Gasteiger partial charge in [-0.2, -0.15) is 0 Å². The second-order valence-electron chi connectivity index (χ2n) is 5.28. The molecule has 0 saturated carbocycles. The van der Waals surface area contributed by atoms with Crippen LogP contribution in [0.25, 0.3) is 0 Å². The summed E-state index contributed by atoms with van der Waals surface area (Å²) in [6.45, 7) is 6.79. The predicted molar refractivity (Wildman–Crippen MR) is 78.9 cm³/mol. The second-order valence-corrected chi connectivity index (χ2v) is 5.28. The van der Waals surface area contributed by atoms with Crippen LogP contribution in [0.4, 0.5) is 0 Å². The third kappa shape index (κ3) is 3.49. The minimum atomic E-state index is -0.00113. The first-order valence-electron chi connectivity index (χ1n) is 7.13. The largest absolute Gasteiger partial charge is 0.508 e. The Labute approximate surface area is 120 Å². The first-order valence-corrected chi connectivity index (χ1v) is 7.13. The topological polar surface area (TPSA) is 69.8 Å². The van der Waals surface area contributed by atoms with Gasteiger partial charge in [0.05, 0.1) is 0 Å². The Morgan fingerprint density at radius 1 is 1.30 bits per heavy atom. The van der Waals surface area contributed by atoms with E-state index in [1.165, 1.54) is 0 Å². The number of carbonyl (C=O) groups excluding carboxylic acids is 1. The van der Waals surface area contributed by atoms with E-state index in [-0.39, 0.29) is 11.7 Å². The molecule has 1 amide bonds. The van der Waals surface area contributed by atoms with Gasteiger partial charge in [0.1, 0.15) is 5.75 Å². The number of hydrogen-bond donors (Lipinski definition) is 2. The van der Waals surface area contributed by atoms with Gasteiger partial charge in [-0.15, -0.1) is 0 Å². The fourth-order valence-corrected chi connectivity index (χ4v) is 2.41. The van der Waals surface area contributed by atoms with Crippen molar-refractivity contribution in [3.8, 4) is 5.75 Å². The van der Waals surface area contributed by atoms with E-state index in [2.05, 4.69) is 4.90 Å². The molecule has 1 fully saturated rings. The second kappa shape index (κ2) is 6.72. The number of rotatable bonds is 4. The van der Waals surface area contributed by atoms with Gasteiger partial charge in [0.25, 0.3) is 5.91 Å². The number of piperazine rings is 1. The van der Waals surface area contributed by atoms with Crippen molar-refractivity contribution in [1.82, 2.24) is 9.80 Å². The molecule has 1 heterocycles. The van der Waals surface area contributed by atoms with Crippen LogP contribution in [0, 0.1) is 6.92 Å². The molecule has 1 saturated heterocycles. The van der Waals surface area contributed by atoms with Gasteiger partial charge in [-0.3, -0.25) is 9.69 Å². The van der Waals surface area contributed by atoms with Crippen LogP contribution in [0.15, 0.2) is 18.2 Å². The summed E-state index contributed by atoms with van der Waals surface area (Å²) in [6, 6.07) is 5.11. The van der Waals surface area contributed by atoms with Gasteiger partial charge in [0, 0.05) is 31.7 Å². The van der Waals surface area contributed by atoms with Crippen molar-refractivity contribution in [2.45, 2.75) is 13.3 Å². The third-order valence-electron chi connectivity index (χ3n) is 3.79. The molecular weight excluding hydrogens is 254 g/mol. The van der Waals surface area contributed by atoms with Crippen LogP contribution in [0.3, 0.4) is 0 Å². The molecule has 2 rings (SSSR count). The van der Waals surface area contributed by atoms with Crippen molar-refractivity contribution in [2.75, 3.05) is 39.3 Å². The zero-order valence-corrected chi connectivity index (χ0v) is 12.0. The summed E-state index contributed by atoms with van der Waals surface area (Å²) < 4.78 is 0. The van der Waals surface area contributed by atoms with Crippen LogP contribution >= 0.6 is 0 Å². The summed E-state index contributed by atoms with van der Waals surface area (Å²) in [5, 5.41) is 9.70. The Kier molecular flexibility index (Phi) is 4.98. The maximum Gasteiger partial charge on any atom is 0.254 e. The van der Waals surface area contributed by atoms with E-state index in [1.807, 2.05) is 11.8 Å². The Morgan fingerprint density at radius 3 is 2.60 bits per heavy atom. The number of aromatic hydroxyl groups is 1. The molecule has 0 radical (unpaired) electrons. The molecule has 110 valence electrons. The minimum absolute atomic E-state index is 0.00113. The molecule has 1 aromatic carbocycles. The zero-order chi connectivity index (χ0) is 14.5. The lowest BCUT2D eigenvalue weighted by atomic mass is 10.1. The molecule has 0 aromatic heterocycles. The molecule has 0 spiro atoms. The van der Waals surface area contributed by atoms with Crippen molar-refractivity contribution in [1.29, 1.82) is 0 Å². The van der Waals surface area contributed by atoms with Crippen LogP contribution in [0.1, 0.15) is 22.3 Å². The number of carbonyl (C=O) groups is 1. The van der Waals surface area contributed by atoms with Gasteiger partial charge in [-0.05, 0) is 44.1 Å². The monoisotopic (exact) mass is 277 g/mol. The number of hydrogen-bond acceptors (Lipinski definition) is 4. The molecule has 5 nitrogen and oxygen atoms in total. The lowest BCUT2D eigenvalue weighted by molar-refractivity contribution is 0.0636. The summed E-state index contributed by atoms with van der Waals surface area (Å²) in [5.41, 5.74) is 6.85. The normalized spacial score (nSPS) is 16.4. The maximum atomic E-state index is 12.4. The summed E-state index contributed by atoms with van der Waals surface area (Å²) in [4.78, 5) is 16.5. The number of nitrogens with zero attached hydrogens (tertiary/aromatic N) is 2. The van der Waals surface area contributed by atoms with E-state index in [4.69, 9.17) is 5.73 Å². The van der Waals surface area contributed by atoms with E-state index in [9.17, 15) is 9.90 Å². The molecule has 0 unspecified atom stereocenters. The Morgan fingerprint density at radius 2 is 2.00 bits per heavy atom. The Bertz CT molecular complexity index is 468. The standard InChI is InChI=1S/C15H23N3O2/c1-12-3-4-13(11-14(12)19)15(20)18-9-7-17(8-10-18)6-2-5-16/h3-4,11,19H,2,5-10,16H2,1H3. The molecule has 1 aliphatic heterocycles. The molecule has 5 heteroatoms. The predicted octanol–water partition coefficient (Wildman–Crippen LogP) is 0.807. The number of phenolic OH excluding ortho intramolecular Hbond substituents is 1. The van der Waals surface area contributed by atoms with Crippen molar-refractivity contribution in [3.63, 3.8) is 0 Å². The van der Waals surface area contributed by atoms with E-state index in [0.717, 1.165) is 44.7 Å². The van der Waals surface area contributed by atoms with Crippen LogP contribution in [0.5, 0.6) is 5.75 Å². The molecular formula is C15H23N3O2. The van der Waals surface area contributed by atoms with Crippen LogP contribution < -0.4 is 5.73 Å². The number of aryl methyl sites for hydroxylation is 1. The number of amides is 1. The van der Waals surface area contributed by atoms with Crippen molar-refractivity contribution < 1.29 is 9.90 Å². The van der Waals surface area contributed by atoms with Crippen molar-refractivity contribution in [2.24, 2.45) is 5.73 Å². The third-order valence-corrected chi connectivity index (χ3v) is 3.79. The molecule has 20 heavy (non-hydrogen) atoms. The molecule has 1 aromatic rings. The van der Waals surface area contributed by atoms with Crippen LogP contribution in [0.2, 0.25) is 0 Å². The smallest absolute Gasteiger partial charge is 0.254 e. The first kappa shape index (κ1) is 14.8. The summed E-state index contributed by atoms with van der Waals surface area (Å²) >= 11 is 0. The van der Waals surface area contributed by atoms with Gasteiger partial charge in [0.15, 0.2) is 0 Å². The van der Waals surface area contributed by atoms with Gasteiger partial charge >= 0.3 is 0 Å². The highest BCUT2D eigenvalue weighted by Gasteiger charge is 2.22. The highest BCUT2D eigenvalue weighted by atomic mass is 16.3. The van der Waals surface area contributed by atoms with Gasteiger partial charge in [-0.1, -0.05) is 6.07 Å². The lowest BCUT2D eigenvalue weighted by Gasteiger charge is -2.34. The molecule has 0 bridgehead atoms. The van der Waals surface area contributed by atoms with Gasteiger partial charge < -0.3 is 15.7 Å². The molecule has 1 aliphatic rings. The van der Waals surface area contributed by atoms with Gasteiger partial charge in [0.2, 0.25) is 0 Å². The lowest BCUT2D eigenvalue weighted by Crippen LogP contribution is -2.49. The molecule has 3 N–H and O–H groups in total. The summed E-state index contributed by atoms with van der Waals surface area (Å²) in [7, 11) is 0. The van der Waals surface area contributed by atoms with E-state index in [0.29, 0.717) is 12.1 Å². The Hall–Kier alpha value is -1.59. The van der Waals surface area contributed by atoms with E-state index in [1.54, 1.807) is 18.2 Å². The van der Waals surface area contributed by atoms with Crippen molar-refractivity contribution >= 4 is 5.91 Å². The molecule has 0 atom stereocenters. The maximum absolute atomic E-state index is 12.4. The van der Waals surface area contributed by atoms with Crippen molar-refractivity contribution in [3.05, 3.63) is 29.3 Å². The fraction of sp³-hybridized carbons (Fsp3) is 0.533. The average molecular weight is 277 g/mol. The number of phenols is 1. The van der Waals surface area contributed by atoms with Gasteiger partial charge in [-0.25, -0.2) is 0 Å². The summed E-state index contributed by atoms with van der Waals surface area (Å²) in [5.74, 6) is 0.177. The quantitative estimate of drug-likeness (QED) is 0.854. The number of benzene rings is 1. The summed E-state index contributed by atoms with van der Waals surface area (Å²) in [6.07, 6.45) is 1.000. The Balaban J connectivity index is 1.92. The average Bonchev–Trinajstić information content (AvgIpc) is 2.48. The highest BCUT2D eigenvalue weighted by molar-refractivity contribution is 5.94. The minimum Gasteiger partial charge on any atom is -0.508 e. The molecule has 0 aliphatic carbocycles. The van der Waals surface area contributed by atoms with E-state index >= 15 is 0 Å². The number of nitrogens with two attached hydrogens (primary N) is 1. The first-order chi connectivity index (χ1) is 9.61. The van der Waals surface area contributed by atoms with Crippen LogP contribution in [-0.4, -0.2) is 60.1 Å². The highest BCUT2D eigenvalue weighted by Crippen LogP contribution is 2.19. The van der Waals surface area contributed by atoms with Crippen LogP contribution in [-0.2, 0) is 0 Å².